The van der Waals surface area contributed by atoms with E-state index in [4.69, 9.17) is 14.7 Å². The summed E-state index contributed by atoms with van der Waals surface area (Å²) in [6, 6.07) is 18.1. The van der Waals surface area contributed by atoms with E-state index in [-0.39, 0.29) is 0 Å². The Morgan fingerprint density at radius 2 is 1.78 bits per heavy atom. The molecule has 0 saturated carbocycles. The van der Waals surface area contributed by atoms with Crippen LogP contribution >= 0.6 is 0 Å². The lowest BCUT2D eigenvalue weighted by atomic mass is 10.0. The Labute approximate surface area is 158 Å². The monoisotopic (exact) mass is 356 g/mol. The Bertz CT molecular complexity index is 1080. The molecule has 0 saturated heterocycles. The smallest absolute Gasteiger partial charge is 0.163 e. The number of aromatic nitrogens is 3. The van der Waals surface area contributed by atoms with Crippen molar-refractivity contribution in [2.24, 2.45) is 0 Å². The number of ether oxygens (including phenoxy) is 1. The van der Waals surface area contributed by atoms with E-state index in [2.05, 4.69) is 35.4 Å². The highest BCUT2D eigenvalue weighted by atomic mass is 16.5. The van der Waals surface area contributed by atoms with Crippen LogP contribution in [0.3, 0.4) is 0 Å². The Kier molecular flexibility index (Phi) is 4.66. The van der Waals surface area contributed by atoms with Gasteiger partial charge in [0, 0.05) is 29.9 Å². The predicted molar refractivity (Wildman–Crippen MR) is 109 cm³/mol. The summed E-state index contributed by atoms with van der Waals surface area (Å²) in [5.41, 5.74) is 3.98. The van der Waals surface area contributed by atoms with Gasteiger partial charge in [0.15, 0.2) is 5.82 Å². The Balaban J connectivity index is 1.86. The van der Waals surface area contributed by atoms with E-state index in [1.165, 1.54) is 0 Å². The zero-order valence-electron chi connectivity index (χ0n) is 15.3. The van der Waals surface area contributed by atoms with Crippen molar-refractivity contribution in [1.29, 1.82) is 0 Å². The number of rotatable bonds is 5. The summed E-state index contributed by atoms with van der Waals surface area (Å²) in [6.07, 6.45) is 3.53. The van der Waals surface area contributed by atoms with Gasteiger partial charge in [-0.15, -0.1) is 0 Å². The second-order valence-corrected chi connectivity index (χ2v) is 6.13. The summed E-state index contributed by atoms with van der Waals surface area (Å²) in [5.74, 6) is 2.33. The van der Waals surface area contributed by atoms with Gasteiger partial charge in [-0.05, 0) is 54.4 Å². The van der Waals surface area contributed by atoms with Crippen LogP contribution in [0.1, 0.15) is 6.92 Å². The first-order valence-electron chi connectivity index (χ1n) is 8.89. The lowest BCUT2D eigenvalue weighted by molar-refractivity contribution is 0.415. The van der Waals surface area contributed by atoms with Gasteiger partial charge in [-0.25, -0.2) is 9.97 Å². The van der Waals surface area contributed by atoms with Crippen molar-refractivity contribution in [3.8, 4) is 28.3 Å². The van der Waals surface area contributed by atoms with Gasteiger partial charge in [0.2, 0.25) is 0 Å². The van der Waals surface area contributed by atoms with Gasteiger partial charge in [0.05, 0.1) is 12.6 Å². The minimum absolute atomic E-state index is 0.667. The molecule has 27 heavy (non-hydrogen) atoms. The zero-order valence-corrected chi connectivity index (χ0v) is 15.3. The van der Waals surface area contributed by atoms with Crippen molar-refractivity contribution in [3.63, 3.8) is 0 Å². The average Bonchev–Trinajstić information content (AvgIpc) is 2.74. The van der Waals surface area contributed by atoms with Crippen molar-refractivity contribution in [2.45, 2.75) is 6.92 Å². The SMILES string of the molecule is CCNc1nc(-c2cccnc2)nc2ccc(-c3cccc(OC)c3)cc12. The molecule has 5 heteroatoms. The van der Waals surface area contributed by atoms with Crippen molar-refractivity contribution in [2.75, 3.05) is 19.0 Å². The van der Waals surface area contributed by atoms with Gasteiger partial charge in [-0.1, -0.05) is 18.2 Å². The molecular weight excluding hydrogens is 336 g/mol. The molecular formula is C22H20N4O. The van der Waals surface area contributed by atoms with Gasteiger partial charge >= 0.3 is 0 Å². The van der Waals surface area contributed by atoms with Gasteiger partial charge in [0.1, 0.15) is 11.6 Å². The Hall–Kier alpha value is -3.47. The van der Waals surface area contributed by atoms with Crippen molar-refractivity contribution in [1.82, 2.24) is 15.0 Å². The van der Waals surface area contributed by atoms with Crippen LogP contribution in [0.15, 0.2) is 67.0 Å². The molecule has 0 bridgehead atoms. The van der Waals surface area contributed by atoms with Crippen LogP contribution in [0.5, 0.6) is 5.75 Å². The number of anilines is 1. The minimum Gasteiger partial charge on any atom is -0.497 e. The molecule has 0 radical (unpaired) electrons. The largest absolute Gasteiger partial charge is 0.497 e. The normalized spacial score (nSPS) is 10.7. The number of methoxy groups -OCH3 is 1. The first kappa shape index (κ1) is 17.0. The summed E-state index contributed by atoms with van der Waals surface area (Å²) in [5, 5.41) is 4.36. The van der Waals surface area contributed by atoms with Crippen molar-refractivity contribution in [3.05, 3.63) is 67.0 Å². The van der Waals surface area contributed by atoms with E-state index in [1.807, 2.05) is 36.4 Å². The Morgan fingerprint density at radius 1 is 0.926 bits per heavy atom. The maximum absolute atomic E-state index is 5.35. The molecule has 0 aliphatic heterocycles. The maximum Gasteiger partial charge on any atom is 0.163 e. The van der Waals surface area contributed by atoms with Gasteiger partial charge in [-0.3, -0.25) is 4.98 Å². The summed E-state index contributed by atoms with van der Waals surface area (Å²) in [4.78, 5) is 13.7. The highest BCUT2D eigenvalue weighted by Gasteiger charge is 2.11. The number of nitrogens with one attached hydrogen (secondary N) is 1. The molecule has 2 aromatic heterocycles. The molecule has 0 amide bonds. The lowest BCUT2D eigenvalue weighted by Gasteiger charge is -2.11. The molecule has 0 spiro atoms. The highest BCUT2D eigenvalue weighted by molar-refractivity contribution is 5.94. The average molecular weight is 356 g/mol. The van der Waals surface area contributed by atoms with Crippen LogP contribution in [0, 0.1) is 0 Å². The molecule has 4 aromatic rings. The molecule has 0 aliphatic carbocycles. The first-order chi connectivity index (χ1) is 13.3. The molecule has 0 unspecified atom stereocenters. The van der Waals surface area contributed by atoms with E-state index < -0.39 is 0 Å². The number of fused-ring (bicyclic) bond motifs is 1. The molecule has 2 aromatic carbocycles. The van der Waals surface area contributed by atoms with Crippen molar-refractivity contribution >= 4 is 16.7 Å². The van der Waals surface area contributed by atoms with Crippen molar-refractivity contribution < 1.29 is 4.74 Å². The van der Waals surface area contributed by atoms with E-state index >= 15 is 0 Å². The van der Waals surface area contributed by atoms with E-state index in [9.17, 15) is 0 Å². The summed E-state index contributed by atoms with van der Waals surface area (Å²) in [7, 11) is 1.68. The third-order valence-electron chi connectivity index (χ3n) is 4.36. The van der Waals surface area contributed by atoms with E-state index in [1.54, 1.807) is 19.5 Å². The summed E-state index contributed by atoms with van der Waals surface area (Å²) >= 11 is 0. The van der Waals surface area contributed by atoms with Gasteiger partial charge in [-0.2, -0.15) is 0 Å². The molecule has 134 valence electrons. The molecule has 2 heterocycles. The fraction of sp³-hybridized carbons (Fsp3) is 0.136. The number of benzene rings is 2. The number of hydrogen-bond donors (Lipinski definition) is 1. The number of hydrogen-bond acceptors (Lipinski definition) is 5. The van der Waals surface area contributed by atoms with Crippen LogP contribution in [-0.2, 0) is 0 Å². The summed E-state index contributed by atoms with van der Waals surface area (Å²) < 4.78 is 5.35. The van der Waals surface area contributed by atoms with Gasteiger partial charge in [0.25, 0.3) is 0 Å². The third kappa shape index (κ3) is 3.44. The predicted octanol–water partition coefficient (Wildman–Crippen LogP) is 4.80. The Morgan fingerprint density at radius 3 is 2.56 bits per heavy atom. The van der Waals surface area contributed by atoms with Crippen LogP contribution in [0.4, 0.5) is 5.82 Å². The first-order valence-corrected chi connectivity index (χ1v) is 8.89. The standard InChI is InChI=1S/C22H20N4O/c1-3-24-22-19-13-16(15-6-4-8-18(12-15)27-2)9-10-20(19)25-21(26-22)17-7-5-11-23-14-17/h4-14H,3H2,1-2H3,(H,24,25,26). The molecule has 0 aliphatic rings. The minimum atomic E-state index is 0.667. The van der Waals surface area contributed by atoms with Crippen LogP contribution in [0.2, 0.25) is 0 Å². The maximum atomic E-state index is 5.35. The quantitative estimate of drug-likeness (QED) is 0.557. The molecule has 5 nitrogen and oxygen atoms in total. The second-order valence-electron chi connectivity index (χ2n) is 6.13. The van der Waals surface area contributed by atoms with E-state index in [0.717, 1.165) is 45.7 Å². The van der Waals surface area contributed by atoms with Crippen LogP contribution in [0.25, 0.3) is 33.4 Å². The third-order valence-corrected chi connectivity index (χ3v) is 4.36. The number of nitrogens with zero attached hydrogens (tertiary/aromatic N) is 3. The van der Waals surface area contributed by atoms with Gasteiger partial charge < -0.3 is 10.1 Å². The van der Waals surface area contributed by atoms with Crippen LogP contribution < -0.4 is 10.1 Å². The van der Waals surface area contributed by atoms with E-state index in [0.29, 0.717) is 5.82 Å². The molecule has 4 rings (SSSR count). The van der Waals surface area contributed by atoms with Crippen LogP contribution in [-0.4, -0.2) is 28.6 Å². The molecule has 0 atom stereocenters. The summed E-state index contributed by atoms with van der Waals surface area (Å²) in [6.45, 7) is 2.84. The fourth-order valence-corrected chi connectivity index (χ4v) is 3.04. The topological polar surface area (TPSA) is 59.9 Å². The second kappa shape index (κ2) is 7.41. The number of pyridine rings is 1. The lowest BCUT2D eigenvalue weighted by Crippen LogP contribution is -2.03. The zero-order chi connectivity index (χ0) is 18.6. The molecule has 0 fully saturated rings. The highest BCUT2D eigenvalue weighted by Crippen LogP contribution is 2.30. The fourth-order valence-electron chi connectivity index (χ4n) is 3.04. The molecule has 1 N–H and O–H groups in total.